The van der Waals surface area contributed by atoms with Crippen molar-refractivity contribution in [1.82, 2.24) is 4.90 Å². The Morgan fingerprint density at radius 2 is 1.57 bits per heavy atom. The minimum atomic E-state index is -0.921. The van der Waals surface area contributed by atoms with E-state index in [0.29, 0.717) is 5.56 Å². The lowest BCUT2D eigenvalue weighted by molar-refractivity contribution is -0.384. The van der Waals surface area contributed by atoms with Gasteiger partial charge in [-0.3, -0.25) is 24.5 Å². The number of Topliss-reactive ketones (excluding diaryl/α,β-unsaturated/α-hetero) is 1. The van der Waals surface area contributed by atoms with Gasteiger partial charge in [0, 0.05) is 23.9 Å². The van der Waals surface area contributed by atoms with Crippen LogP contribution in [0.4, 0.5) is 11.4 Å². The van der Waals surface area contributed by atoms with Crippen molar-refractivity contribution in [1.29, 1.82) is 0 Å². The number of non-ortho nitro benzene ring substituents is 1. The lowest BCUT2D eigenvalue weighted by Gasteiger charge is -2.35. The van der Waals surface area contributed by atoms with Gasteiger partial charge in [-0.2, -0.15) is 0 Å². The molecule has 2 saturated heterocycles. The lowest BCUT2D eigenvalue weighted by atomic mass is 9.83. The molecule has 0 spiro atoms. The Morgan fingerprint density at radius 1 is 0.857 bits per heavy atom. The molecule has 8 heteroatoms. The zero-order chi connectivity index (χ0) is 24.3. The van der Waals surface area contributed by atoms with Gasteiger partial charge in [0.15, 0.2) is 5.78 Å². The van der Waals surface area contributed by atoms with Gasteiger partial charge < -0.3 is 4.90 Å². The Labute approximate surface area is 200 Å². The molecule has 0 radical (unpaired) electrons. The number of hydrogen-bond acceptors (Lipinski definition) is 6. The summed E-state index contributed by atoms with van der Waals surface area (Å²) in [5.41, 5.74) is 2.17. The van der Waals surface area contributed by atoms with Crippen LogP contribution < -0.4 is 4.90 Å². The standard InChI is InChI=1S/C27H19N3O5/c31-25(17-8-2-1-3-9-17)24-22-21(23-20-12-5-4-7-16(20)13-14-28(23)24)26(32)29(27(22)33)18-10-6-11-19(15-18)30(34)35/h1-15,21-24H/t21-,22-,23+,24+/m0/s1. The van der Waals surface area contributed by atoms with Crippen LogP contribution in [-0.4, -0.2) is 33.5 Å². The molecule has 2 amide bonds. The smallest absolute Gasteiger partial charge is 0.271 e. The van der Waals surface area contributed by atoms with E-state index in [2.05, 4.69) is 0 Å². The topological polar surface area (TPSA) is 101 Å². The Bertz CT molecular complexity index is 1430. The molecular weight excluding hydrogens is 446 g/mol. The number of nitro groups is 1. The number of imide groups is 1. The van der Waals surface area contributed by atoms with Gasteiger partial charge in [0.2, 0.25) is 11.8 Å². The highest BCUT2D eigenvalue weighted by molar-refractivity contribution is 6.24. The number of carbonyl (C=O) groups excluding carboxylic acids is 3. The van der Waals surface area contributed by atoms with Crippen LogP contribution >= 0.6 is 0 Å². The molecule has 8 nitrogen and oxygen atoms in total. The van der Waals surface area contributed by atoms with E-state index in [1.54, 1.807) is 30.5 Å². The number of rotatable bonds is 4. The zero-order valence-corrected chi connectivity index (χ0v) is 18.4. The van der Waals surface area contributed by atoms with E-state index < -0.39 is 40.7 Å². The first-order valence-corrected chi connectivity index (χ1v) is 11.2. The second-order valence-electron chi connectivity index (χ2n) is 8.85. The van der Waals surface area contributed by atoms with Crippen LogP contribution in [0.15, 0.2) is 85.1 Å². The number of ketones is 1. The molecule has 3 aromatic rings. The number of fused-ring (bicyclic) bond motifs is 5. The third-order valence-corrected chi connectivity index (χ3v) is 7.09. The van der Waals surface area contributed by atoms with Crippen molar-refractivity contribution in [3.63, 3.8) is 0 Å². The highest BCUT2D eigenvalue weighted by atomic mass is 16.6. The summed E-state index contributed by atoms with van der Waals surface area (Å²) in [6.45, 7) is 0. The fraction of sp³-hybridized carbons (Fsp3) is 0.148. The quantitative estimate of drug-likeness (QED) is 0.250. The van der Waals surface area contributed by atoms with Gasteiger partial charge in [0.25, 0.3) is 5.69 Å². The molecular formula is C27H19N3O5. The number of nitrogens with zero attached hydrogens (tertiary/aromatic N) is 3. The summed E-state index contributed by atoms with van der Waals surface area (Å²) in [6.07, 6.45) is 3.69. The maximum atomic E-state index is 13.8. The predicted octanol–water partition coefficient (Wildman–Crippen LogP) is 3.99. The fourth-order valence-corrected chi connectivity index (χ4v) is 5.63. The van der Waals surface area contributed by atoms with Crippen LogP contribution in [0.25, 0.3) is 6.08 Å². The molecule has 172 valence electrons. The minimum Gasteiger partial charge on any atom is -0.358 e. The van der Waals surface area contributed by atoms with Crippen molar-refractivity contribution in [3.8, 4) is 0 Å². The molecule has 0 N–H and O–H groups in total. The van der Waals surface area contributed by atoms with Crippen molar-refractivity contribution < 1.29 is 19.3 Å². The van der Waals surface area contributed by atoms with E-state index in [0.717, 1.165) is 16.0 Å². The first-order chi connectivity index (χ1) is 17.0. The second-order valence-corrected chi connectivity index (χ2v) is 8.85. The molecule has 0 aromatic heterocycles. The summed E-state index contributed by atoms with van der Waals surface area (Å²) in [4.78, 5) is 55.0. The van der Waals surface area contributed by atoms with Crippen molar-refractivity contribution in [2.45, 2.75) is 12.1 Å². The second kappa shape index (κ2) is 7.73. The van der Waals surface area contributed by atoms with Crippen molar-refractivity contribution in [2.75, 3.05) is 4.90 Å². The lowest BCUT2D eigenvalue weighted by Crippen LogP contribution is -2.44. The van der Waals surface area contributed by atoms with Gasteiger partial charge in [-0.1, -0.05) is 60.7 Å². The Balaban J connectivity index is 1.50. The maximum Gasteiger partial charge on any atom is 0.271 e. The summed E-state index contributed by atoms with van der Waals surface area (Å²) in [7, 11) is 0. The molecule has 3 aromatic carbocycles. The molecule has 3 aliphatic rings. The van der Waals surface area contributed by atoms with Gasteiger partial charge in [-0.05, 0) is 23.3 Å². The van der Waals surface area contributed by atoms with Gasteiger partial charge in [-0.15, -0.1) is 0 Å². The van der Waals surface area contributed by atoms with Gasteiger partial charge in [0.05, 0.1) is 28.5 Å². The summed E-state index contributed by atoms with van der Waals surface area (Å²) >= 11 is 0. The van der Waals surface area contributed by atoms with E-state index >= 15 is 0 Å². The van der Waals surface area contributed by atoms with E-state index in [-0.39, 0.29) is 17.2 Å². The molecule has 2 fully saturated rings. The average molecular weight is 465 g/mol. The molecule has 4 atom stereocenters. The van der Waals surface area contributed by atoms with E-state index in [1.165, 1.54) is 24.3 Å². The van der Waals surface area contributed by atoms with Gasteiger partial charge >= 0.3 is 0 Å². The molecule has 3 heterocycles. The molecule has 3 aliphatic heterocycles. The Kier molecular flexibility index (Phi) is 4.63. The summed E-state index contributed by atoms with van der Waals surface area (Å²) in [6, 6.07) is 20.4. The first-order valence-electron chi connectivity index (χ1n) is 11.2. The van der Waals surface area contributed by atoms with Crippen LogP contribution in [0.2, 0.25) is 0 Å². The van der Waals surface area contributed by atoms with Gasteiger partial charge in [-0.25, -0.2) is 4.90 Å². The first kappa shape index (κ1) is 21.0. The van der Waals surface area contributed by atoms with Crippen LogP contribution in [0.3, 0.4) is 0 Å². The van der Waals surface area contributed by atoms with Crippen molar-refractivity contribution in [3.05, 3.63) is 112 Å². The highest BCUT2D eigenvalue weighted by Gasteiger charge is 2.64. The van der Waals surface area contributed by atoms with E-state index in [1.807, 2.05) is 41.3 Å². The number of benzene rings is 3. The van der Waals surface area contributed by atoms with E-state index in [9.17, 15) is 24.5 Å². The fourth-order valence-electron chi connectivity index (χ4n) is 5.63. The Hall–Kier alpha value is -4.59. The molecule has 35 heavy (non-hydrogen) atoms. The Morgan fingerprint density at radius 3 is 2.34 bits per heavy atom. The number of amides is 2. The van der Waals surface area contributed by atoms with Crippen LogP contribution in [-0.2, 0) is 9.59 Å². The SMILES string of the molecule is O=C(c1ccccc1)[C@H]1[C@H]2C(=O)N(c3cccc([N+](=O)[O-])c3)C(=O)[C@@H]2[C@H]2c3ccccc3C=CN21. The van der Waals surface area contributed by atoms with Crippen molar-refractivity contribution >= 4 is 35.0 Å². The third kappa shape index (κ3) is 3.03. The maximum absolute atomic E-state index is 13.8. The molecule has 0 saturated carbocycles. The highest BCUT2D eigenvalue weighted by Crippen LogP contribution is 2.53. The van der Waals surface area contributed by atoms with Crippen molar-refractivity contribution in [2.24, 2.45) is 11.8 Å². The number of carbonyl (C=O) groups is 3. The number of hydrogen-bond donors (Lipinski definition) is 0. The number of anilines is 1. The average Bonchev–Trinajstić information content (AvgIpc) is 3.36. The largest absolute Gasteiger partial charge is 0.358 e. The molecule has 0 bridgehead atoms. The summed E-state index contributed by atoms with van der Waals surface area (Å²) in [5, 5.41) is 11.3. The third-order valence-electron chi connectivity index (χ3n) is 7.09. The summed E-state index contributed by atoms with van der Waals surface area (Å²) < 4.78 is 0. The summed E-state index contributed by atoms with van der Waals surface area (Å²) in [5.74, 6) is -2.94. The van der Waals surface area contributed by atoms with Gasteiger partial charge in [0.1, 0.15) is 6.04 Å². The monoisotopic (exact) mass is 465 g/mol. The zero-order valence-electron chi connectivity index (χ0n) is 18.4. The molecule has 0 unspecified atom stereocenters. The number of nitro benzene ring substituents is 1. The minimum absolute atomic E-state index is 0.140. The van der Waals surface area contributed by atoms with Crippen LogP contribution in [0.5, 0.6) is 0 Å². The molecule has 6 rings (SSSR count). The normalized spacial score (nSPS) is 24.2. The molecule has 0 aliphatic carbocycles. The van der Waals surface area contributed by atoms with Crippen LogP contribution in [0.1, 0.15) is 27.5 Å². The predicted molar refractivity (Wildman–Crippen MR) is 127 cm³/mol. The van der Waals surface area contributed by atoms with Crippen LogP contribution in [0, 0.1) is 22.0 Å². The van der Waals surface area contributed by atoms with E-state index in [4.69, 9.17) is 0 Å².